The van der Waals surface area contributed by atoms with Crippen molar-refractivity contribution in [1.82, 2.24) is 19.5 Å². The lowest BCUT2D eigenvalue weighted by molar-refractivity contribution is 0.392. The number of piperidine rings is 1. The number of anilines is 1. The third-order valence-electron chi connectivity index (χ3n) is 4.17. The van der Waals surface area contributed by atoms with Crippen LogP contribution in [0.5, 0.6) is 0 Å². The lowest BCUT2D eigenvalue weighted by Crippen LogP contribution is -2.35. The van der Waals surface area contributed by atoms with E-state index in [1.165, 1.54) is 0 Å². The summed E-state index contributed by atoms with van der Waals surface area (Å²) in [7, 11) is 0. The molecule has 1 atom stereocenters. The molecule has 2 heterocycles. The van der Waals surface area contributed by atoms with E-state index in [1.807, 2.05) is 4.57 Å². The number of halogens is 2. The van der Waals surface area contributed by atoms with Gasteiger partial charge in [-0.15, -0.1) is 10.2 Å². The Balaban J connectivity index is 1.69. The molecule has 0 radical (unpaired) electrons. The van der Waals surface area contributed by atoms with Crippen LogP contribution in [0.25, 0.3) is 0 Å². The quantitative estimate of drug-likeness (QED) is 0.795. The summed E-state index contributed by atoms with van der Waals surface area (Å²) >= 11 is -2.27. The first-order chi connectivity index (χ1) is 11.5. The zero-order valence-corrected chi connectivity index (χ0v) is 13.5. The Morgan fingerprint density at radius 2 is 1.88 bits per heavy atom. The smallest absolute Gasteiger partial charge is 0.232 e. The summed E-state index contributed by atoms with van der Waals surface area (Å²) in [6, 6.07) is 2.47. The maximum atomic E-state index is 14.3. The van der Waals surface area contributed by atoms with Crippen LogP contribution in [0.2, 0.25) is 0 Å². The lowest BCUT2D eigenvalue weighted by Gasteiger charge is -2.34. The molecule has 0 saturated carbocycles. The number of benzene rings is 1. The van der Waals surface area contributed by atoms with E-state index >= 15 is 0 Å². The zero-order valence-electron chi connectivity index (χ0n) is 12.7. The maximum Gasteiger partial charge on any atom is 0.232 e. The number of aromatic nitrogens is 3. The first-order valence-corrected chi connectivity index (χ1v) is 8.56. The van der Waals surface area contributed by atoms with Gasteiger partial charge in [0.25, 0.3) is 0 Å². The Hall–Kier alpha value is -1.91. The number of nitrogens with zero attached hydrogens (tertiary/aromatic N) is 4. The molecule has 0 bridgehead atoms. The fourth-order valence-corrected chi connectivity index (χ4v) is 3.18. The van der Waals surface area contributed by atoms with Gasteiger partial charge in [0.05, 0.1) is 5.69 Å². The van der Waals surface area contributed by atoms with Crippen LogP contribution >= 0.6 is 0 Å². The third-order valence-corrected chi connectivity index (χ3v) is 4.56. The second-order valence-electron chi connectivity index (χ2n) is 5.59. The molecule has 7 nitrogen and oxygen atoms in total. The molecule has 1 aromatic carbocycles. The van der Waals surface area contributed by atoms with Gasteiger partial charge in [-0.25, -0.2) is 17.7 Å². The van der Waals surface area contributed by atoms with Gasteiger partial charge in [-0.05, 0) is 18.9 Å². The average Bonchev–Trinajstić information content (AvgIpc) is 3.10. The summed E-state index contributed by atoms with van der Waals surface area (Å²) in [6.07, 6.45) is 4.89. The van der Waals surface area contributed by atoms with Crippen molar-refractivity contribution in [2.45, 2.75) is 25.4 Å². The van der Waals surface area contributed by atoms with Gasteiger partial charge >= 0.3 is 0 Å². The van der Waals surface area contributed by atoms with Gasteiger partial charge in [-0.1, -0.05) is 0 Å². The van der Waals surface area contributed by atoms with E-state index in [9.17, 15) is 13.0 Å². The van der Waals surface area contributed by atoms with E-state index in [1.54, 1.807) is 17.6 Å². The Kier molecular flexibility index (Phi) is 5.17. The third kappa shape index (κ3) is 3.77. The second-order valence-corrected chi connectivity index (χ2v) is 6.38. The van der Waals surface area contributed by atoms with Gasteiger partial charge in [-0.2, -0.15) is 0 Å². The van der Waals surface area contributed by atoms with Crippen molar-refractivity contribution in [3.05, 3.63) is 42.0 Å². The molecule has 2 N–H and O–H groups in total. The highest BCUT2D eigenvalue weighted by Crippen LogP contribution is 2.29. The fourth-order valence-electron chi connectivity index (χ4n) is 2.90. The van der Waals surface area contributed by atoms with E-state index < -0.39 is 22.9 Å². The largest absolute Gasteiger partial charge is 0.369 e. The maximum absolute atomic E-state index is 14.3. The molecule has 1 aromatic heterocycles. The molecule has 0 amide bonds. The molecule has 0 spiro atoms. The second kappa shape index (κ2) is 7.32. The molecule has 1 aliphatic heterocycles. The minimum atomic E-state index is -2.27. The summed E-state index contributed by atoms with van der Waals surface area (Å²) in [5.74, 6) is -1.15. The zero-order chi connectivity index (χ0) is 17.1. The van der Waals surface area contributed by atoms with E-state index in [-0.39, 0.29) is 23.8 Å². The fraction of sp³-hybridized carbons (Fsp3) is 0.429. The average molecular weight is 357 g/mol. The van der Waals surface area contributed by atoms with Gasteiger partial charge in [0, 0.05) is 37.3 Å². The van der Waals surface area contributed by atoms with Crippen molar-refractivity contribution in [2.24, 2.45) is 0 Å². The number of nitrogens with one attached hydrogen (secondary N) is 1. The highest BCUT2D eigenvalue weighted by atomic mass is 32.2. The van der Waals surface area contributed by atoms with Gasteiger partial charge < -0.3 is 9.47 Å². The Labute approximate surface area is 140 Å². The molecule has 2 aromatic rings. The van der Waals surface area contributed by atoms with Crippen LogP contribution in [0.1, 0.15) is 24.4 Å². The summed E-state index contributed by atoms with van der Waals surface area (Å²) in [5, 5.41) is 7.57. The topological polar surface area (TPSA) is 83.3 Å². The van der Waals surface area contributed by atoms with Crippen molar-refractivity contribution < 1.29 is 17.5 Å². The molecule has 24 heavy (non-hydrogen) atoms. The highest BCUT2D eigenvalue weighted by molar-refractivity contribution is 7.77. The molecule has 3 rings (SSSR count). The van der Waals surface area contributed by atoms with Gasteiger partial charge in [0.15, 0.2) is 0 Å². The van der Waals surface area contributed by atoms with Gasteiger partial charge in [0.1, 0.15) is 24.3 Å². The van der Waals surface area contributed by atoms with Crippen LogP contribution in [0, 0.1) is 11.6 Å². The number of rotatable bonds is 5. The minimum Gasteiger partial charge on any atom is -0.369 e. The number of hydrogen-bond donors (Lipinski definition) is 2. The van der Waals surface area contributed by atoms with Crippen LogP contribution in [0.3, 0.4) is 0 Å². The SMILES string of the molecule is O=S(O)NCc1cc(F)c(N2CCC(n3cnnc3)CC2)cc1F. The Morgan fingerprint density at radius 3 is 2.50 bits per heavy atom. The summed E-state index contributed by atoms with van der Waals surface area (Å²) in [6.45, 7) is 0.969. The first-order valence-electron chi connectivity index (χ1n) is 7.46. The predicted molar refractivity (Wildman–Crippen MR) is 84.5 cm³/mol. The van der Waals surface area contributed by atoms with Crippen LogP contribution in [-0.2, 0) is 17.8 Å². The molecule has 130 valence electrons. The van der Waals surface area contributed by atoms with Gasteiger partial charge in [-0.3, -0.25) is 4.55 Å². The molecule has 1 aliphatic rings. The molecule has 1 saturated heterocycles. The van der Waals surface area contributed by atoms with E-state index in [0.29, 0.717) is 13.1 Å². The Morgan fingerprint density at radius 1 is 1.21 bits per heavy atom. The van der Waals surface area contributed by atoms with Crippen LogP contribution in [-0.4, -0.2) is 36.6 Å². The van der Waals surface area contributed by atoms with Crippen LogP contribution in [0.4, 0.5) is 14.5 Å². The van der Waals surface area contributed by atoms with Crippen LogP contribution < -0.4 is 9.62 Å². The minimum absolute atomic E-state index is 0.0121. The Bertz CT molecular complexity index is 720. The molecule has 10 heteroatoms. The van der Waals surface area contributed by atoms with Crippen molar-refractivity contribution in [3.8, 4) is 0 Å². The lowest BCUT2D eigenvalue weighted by atomic mass is 10.0. The molecule has 0 aliphatic carbocycles. The van der Waals surface area contributed by atoms with Crippen molar-refractivity contribution in [2.75, 3.05) is 18.0 Å². The van der Waals surface area contributed by atoms with Crippen LogP contribution in [0.15, 0.2) is 24.8 Å². The van der Waals surface area contributed by atoms with Crippen molar-refractivity contribution in [1.29, 1.82) is 0 Å². The summed E-state index contributed by atoms with van der Waals surface area (Å²) < 4.78 is 51.7. The predicted octanol–water partition coefficient (Wildman–Crippen LogP) is 1.62. The monoisotopic (exact) mass is 357 g/mol. The first kappa shape index (κ1) is 16.9. The molecular weight excluding hydrogens is 340 g/mol. The molecular formula is C14H17F2N5O2S. The van der Waals surface area contributed by atoms with E-state index in [4.69, 9.17) is 4.55 Å². The van der Waals surface area contributed by atoms with Crippen molar-refractivity contribution >= 4 is 17.0 Å². The van der Waals surface area contributed by atoms with Gasteiger partial charge in [0.2, 0.25) is 11.3 Å². The highest BCUT2D eigenvalue weighted by Gasteiger charge is 2.23. The van der Waals surface area contributed by atoms with E-state index in [2.05, 4.69) is 14.9 Å². The number of hydrogen-bond acceptors (Lipinski definition) is 4. The normalized spacial score (nSPS) is 17.2. The van der Waals surface area contributed by atoms with E-state index in [0.717, 1.165) is 25.0 Å². The molecule has 1 fully saturated rings. The molecule has 1 unspecified atom stereocenters. The standard InChI is InChI=1S/C14H17F2N5O2S/c15-12-6-14(13(16)5-10(12)7-19-24(22)23)20-3-1-11(2-4-20)21-8-17-18-9-21/h5-6,8-9,11,19H,1-4,7H2,(H,22,23). The summed E-state index contributed by atoms with van der Waals surface area (Å²) in [4.78, 5) is 1.81. The summed E-state index contributed by atoms with van der Waals surface area (Å²) in [5.41, 5.74) is 0.224. The van der Waals surface area contributed by atoms with Crippen molar-refractivity contribution in [3.63, 3.8) is 0 Å².